The number of nitrogens with one attached hydrogen (secondary N) is 1. The molecule has 0 aromatic heterocycles. The Labute approximate surface area is 89.1 Å². The average molecular weight is 205 g/mol. The SMILES string of the molecule is CC(O)c1ccc2c(c1)C(C)(C)C(=O)N2. The third-order valence-corrected chi connectivity index (χ3v) is 3.02. The Balaban J connectivity index is 2.55. The first-order valence-corrected chi connectivity index (χ1v) is 5.07. The van der Waals surface area contributed by atoms with Crippen LogP contribution in [0.25, 0.3) is 0 Å². The number of rotatable bonds is 1. The number of fused-ring (bicyclic) bond motifs is 1. The van der Waals surface area contributed by atoms with E-state index in [0.29, 0.717) is 0 Å². The maximum absolute atomic E-state index is 11.7. The molecule has 0 radical (unpaired) electrons. The van der Waals surface area contributed by atoms with Crippen molar-refractivity contribution in [1.82, 2.24) is 0 Å². The van der Waals surface area contributed by atoms with Crippen LogP contribution in [0.15, 0.2) is 18.2 Å². The Bertz CT molecular complexity index is 422. The number of hydrogen-bond acceptors (Lipinski definition) is 2. The first kappa shape index (κ1) is 10.2. The number of benzene rings is 1. The van der Waals surface area contributed by atoms with Crippen LogP contribution in [0.2, 0.25) is 0 Å². The number of aliphatic hydroxyl groups excluding tert-OH is 1. The van der Waals surface area contributed by atoms with E-state index in [0.717, 1.165) is 16.8 Å². The van der Waals surface area contributed by atoms with Gasteiger partial charge >= 0.3 is 0 Å². The fraction of sp³-hybridized carbons (Fsp3) is 0.417. The average Bonchev–Trinajstić information content (AvgIpc) is 2.38. The lowest BCUT2D eigenvalue weighted by Gasteiger charge is -2.16. The van der Waals surface area contributed by atoms with Crippen LogP contribution >= 0.6 is 0 Å². The normalized spacial score (nSPS) is 19.6. The second kappa shape index (κ2) is 3.07. The molecule has 1 unspecified atom stereocenters. The molecule has 3 nitrogen and oxygen atoms in total. The van der Waals surface area contributed by atoms with Crippen molar-refractivity contribution in [3.63, 3.8) is 0 Å². The van der Waals surface area contributed by atoms with Gasteiger partial charge in [0.15, 0.2) is 0 Å². The maximum Gasteiger partial charge on any atom is 0.234 e. The third kappa shape index (κ3) is 1.43. The van der Waals surface area contributed by atoms with Crippen LogP contribution in [0.1, 0.15) is 38.0 Å². The summed E-state index contributed by atoms with van der Waals surface area (Å²) >= 11 is 0. The van der Waals surface area contributed by atoms with Gasteiger partial charge in [-0.15, -0.1) is 0 Å². The molecule has 0 saturated carbocycles. The first-order chi connectivity index (χ1) is 6.93. The number of carbonyl (C=O) groups is 1. The Morgan fingerprint density at radius 3 is 2.67 bits per heavy atom. The molecule has 0 spiro atoms. The summed E-state index contributed by atoms with van der Waals surface area (Å²) in [6.45, 7) is 5.50. The van der Waals surface area contributed by atoms with Crippen molar-refractivity contribution < 1.29 is 9.90 Å². The molecule has 0 bridgehead atoms. The zero-order valence-corrected chi connectivity index (χ0v) is 9.16. The van der Waals surface area contributed by atoms with E-state index in [2.05, 4.69) is 5.32 Å². The van der Waals surface area contributed by atoms with Crippen LogP contribution in [-0.2, 0) is 10.2 Å². The molecule has 0 saturated heterocycles. The van der Waals surface area contributed by atoms with Gasteiger partial charge in [0, 0.05) is 5.69 Å². The summed E-state index contributed by atoms with van der Waals surface area (Å²) in [6, 6.07) is 5.59. The van der Waals surface area contributed by atoms with Gasteiger partial charge < -0.3 is 10.4 Å². The molecule has 1 heterocycles. The molecule has 80 valence electrons. The molecular formula is C12H15NO2. The van der Waals surface area contributed by atoms with Crippen LogP contribution < -0.4 is 5.32 Å². The van der Waals surface area contributed by atoms with Gasteiger partial charge in [0.2, 0.25) is 5.91 Å². The molecule has 3 heteroatoms. The summed E-state index contributed by atoms with van der Waals surface area (Å²) < 4.78 is 0. The molecule has 15 heavy (non-hydrogen) atoms. The Hall–Kier alpha value is -1.35. The fourth-order valence-electron chi connectivity index (χ4n) is 1.85. The Morgan fingerprint density at radius 2 is 2.07 bits per heavy atom. The molecule has 2 rings (SSSR count). The highest BCUT2D eigenvalue weighted by molar-refractivity contribution is 6.05. The zero-order valence-electron chi connectivity index (χ0n) is 9.16. The highest BCUT2D eigenvalue weighted by Gasteiger charge is 2.38. The van der Waals surface area contributed by atoms with Gasteiger partial charge in [-0.1, -0.05) is 12.1 Å². The van der Waals surface area contributed by atoms with Gasteiger partial charge in [0.05, 0.1) is 11.5 Å². The van der Waals surface area contributed by atoms with E-state index in [-0.39, 0.29) is 5.91 Å². The van der Waals surface area contributed by atoms with E-state index in [9.17, 15) is 9.90 Å². The second-order valence-electron chi connectivity index (χ2n) is 4.56. The largest absolute Gasteiger partial charge is 0.389 e. The number of aliphatic hydroxyl groups is 1. The lowest BCUT2D eigenvalue weighted by molar-refractivity contribution is -0.119. The van der Waals surface area contributed by atoms with Crippen molar-refractivity contribution in [2.75, 3.05) is 5.32 Å². The van der Waals surface area contributed by atoms with Crippen molar-refractivity contribution in [2.45, 2.75) is 32.3 Å². The molecule has 2 N–H and O–H groups in total. The summed E-state index contributed by atoms with van der Waals surface area (Å²) in [7, 11) is 0. The molecule has 1 aromatic rings. The topological polar surface area (TPSA) is 49.3 Å². The van der Waals surface area contributed by atoms with E-state index in [1.54, 1.807) is 6.92 Å². The number of amides is 1. The molecule has 1 atom stereocenters. The molecule has 0 aliphatic carbocycles. The lowest BCUT2D eigenvalue weighted by Crippen LogP contribution is -2.26. The third-order valence-electron chi connectivity index (χ3n) is 3.02. The maximum atomic E-state index is 11.7. The Kier molecular flexibility index (Phi) is 2.08. The number of carbonyl (C=O) groups excluding carboxylic acids is 1. The summed E-state index contributed by atoms with van der Waals surface area (Å²) in [4.78, 5) is 11.7. The minimum atomic E-state index is -0.500. The van der Waals surface area contributed by atoms with Crippen LogP contribution in [0.3, 0.4) is 0 Å². The standard InChI is InChI=1S/C12H15NO2/c1-7(14)8-4-5-10-9(6-8)12(2,3)11(15)13-10/h4-7,14H,1-3H3,(H,13,15). The highest BCUT2D eigenvalue weighted by Crippen LogP contribution is 2.38. The highest BCUT2D eigenvalue weighted by atomic mass is 16.3. The van der Waals surface area contributed by atoms with E-state index >= 15 is 0 Å². The van der Waals surface area contributed by atoms with Crippen molar-refractivity contribution in [1.29, 1.82) is 0 Å². The molecule has 1 amide bonds. The van der Waals surface area contributed by atoms with Crippen molar-refractivity contribution in [2.24, 2.45) is 0 Å². The van der Waals surface area contributed by atoms with Crippen molar-refractivity contribution in [3.05, 3.63) is 29.3 Å². The predicted molar refractivity (Wildman–Crippen MR) is 58.7 cm³/mol. The Morgan fingerprint density at radius 1 is 1.40 bits per heavy atom. The van der Waals surface area contributed by atoms with Crippen LogP contribution in [-0.4, -0.2) is 11.0 Å². The molecular weight excluding hydrogens is 190 g/mol. The summed E-state index contributed by atoms with van der Waals surface area (Å²) in [6.07, 6.45) is -0.498. The predicted octanol–water partition coefficient (Wildman–Crippen LogP) is 1.97. The van der Waals surface area contributed by atoms with Crippen molar-refractivity contribution >= 4 is 11.6 Å². The van der Waals surface area contributed by atoms with Gasteiger partial charge in [-0.25, -0.2) is 0 Å². The van der Waals surface area contributed by atoms with E-state index in [4.69, 9.17) is 0 Å². The van der Waals surface area contributed by atoms with Crippen LogP contribution in [0.5, 0.6) is 0 Å². The molecule has 1 aliphatic heterocycles. The van der Waals surface area contributed by atoms with Gasteiger partial charge in [0.25, 0.3) is 0 Å². The number of anilines is 1. The second-order valence-corrected chi connectivity index (χ2v) is 4.56. The van der Waals surface area contributed by atoms with E-state index in [1.807, 2.05) is 32.0 Å². The zero-order chi connectivity index (χ0) is 11.2. The summed E-state index contributed by atoms with van der Waals surface area (Å²) in [5.41, 5.74) is 2.17. The van der Waals surface area contributed by atoms with Gasteiger partial charge in [-0.3, -0.25) is 4.79 Å². The monoisotopic (exact) mass is 205 g/mol. The smallest absolute Gasteiger partial charge is 0.234 e. The molecule has 1 aromatic carbocycles. The number of hydrogen-bond donors (Lipinski definition) is 2. The molecule has 0 fully saturated rings. The first-order valence-electron chi connectivity index (χ1n) is 5.07. The van der Waals surface area contributed by atoms with Gasteiger partial charge in [-0.2, -0.15) is 0 Å². The van der Waals surface area contributed by atoms with Crippen LogP contribution in [0.4, 0.5) is 5.69 Å². The quantitative estimate of drug-likeness (QED) is 0.736. The van der Waals surface area contributed by atoms with E-state index in [1.165, 1.54) is 0 Å². The summed E-state index contributed by atoms with van der Waals surface area (Å²) in [5, 5.41) is 12.3. The van der Waals surface area contributed by atoms with Crippen LogP contribution in [0, 0.1) is 0 Å². The van der Waals surface area contributed by atoms with Crippen molar-refractivity contribution in [3.8, 4) is 0 Å². The minimum Gasteiger partial charge on any atom is -0.389 e. The summed E-state index contributed by atoms with van der Waals surface area (Å²) in [5.74, 6) is 0.0141. The molecule has 1 aliphatic rings. The van der Waals surface area contributed by atoms with Gasteiger partial charge in [-0.05, 0) is 38.0 Å². The lowest BCUT2D eigenvalue weighted by atomic mass is 9.85. The minimum absolute atomic E-state index is 0.0141. The van der Waals surface area contributed by atoms with Gasteiger partial charge in [0.1, 0.15) is 0 Å². The fourth-order valence-corrected chi connectivity index (χ4v) is 1.85. The van der Waals surface area contributed by atoms with E-state index < -0.39 is 11.5 Å².